The van der Waals surface area contributed by atoms with E-state index in [4.69, 9.17) is 4.55 Å². The molecule has 0 fully saturated rings. The van der Waals surface area contributed by atoms with E-state index in [-0.39, 0.29) is 19.1 Å². The first-order valence-electron chi connectivity index (χ1n) is 5.54. The van der Waals surface area contributed by atoms with Crippen molar-refractivity contribution in [2.45, 2.75) is 23.3 Å². The zero-order chi connectivity index (χ0) is 19.6. The van der Waals surface area contributed by atoms with E-state index in [1.54, 1.807) is 0 Å². The van der Waals surface area contributed by atoms with Crippen LogP contribution in [-0.4, -0.2) is 61.4 Å². The first-order valence-corrected chi connectivity index (χ1v) is 11.3. The first-order chi connectivity index (χ1) is 10.2. The van der Waals surface area contributed by atoms with Gasteiger partial charge in [0.1, 0.15) is 14.6 Å². The minimum Gasteiger partial charge on any atom is -0.285 e. The van der Waals surface area contributed by atoms with Crippen molar-refractivity contribution in [1.29, 1.82) is 0 Å². The topological polar surface area (TPSA) is 217 Å². The molecule has 0 heterocycles. The minimum atomic E-state index is -5.81. The van der Waals surface area contributed by atoms with E-state index in [0.29, 0.717) is 6.92 Å². The summed E-state index contributed by atoms with van der Waals surface area (Å²) in [6, 6.07) is 0. The lowest BCUT2D eigenvalue weighted by molar-refractivity contribution is 0.391. The van der Waals surface area contributed by atoms with Crippen molar-refractivity contribution >= 4 is 40.5 Å². The van der Waals surface area contributed by atoms with Crippen molar-refractivity contribution in [3.05, 3.63) is 22.0 Å². The lowest BCUT2D eigenvalue weighted by Gasteiger charge is -2.42. The molecule has 0 saturated heterocycles. The van der Waals surface area contributed by atoms with Crippen molar-refractivity contribution in [1.82, 2.24) is 0 Å². The Morgan fingerprint density at radius 1 is 0.750 bits per heavy atom. The van der Waals surface area contributed by atoms with Gasteiger partial charge in [-0.3, -0.25) is 18.2 Å². The monoisotopic (exact) mass is 428 g/mol. The predicted molar refractivity (Wildman–Crippen MR) is 79.2 cm³/mol. The molecule has 16 heteroatoms. The molecule has 0 aliphatic heterocycles. The standard InChI is InChI=1S/C8H12O12S4/c1-7(23(15,16)17)4-3-5(21(9,10)11)6(22(12,13)14)8(7,2)24(18,19)20/h3-4H,1-2H3,(H,9,10,11)(H,12,13,14)(H,15,16,17)(H,18,19,20). The van der Waals surface area contributed by atoms with Crippen LogP contribution >= 0.6 is 0 Å². The largest absolute Gasteiger partial charge is 0.295 e. The Hall–Kier alpha value is -0.880. The van der Waals surface area contributed by atoms with Crippen LogP contribution in [0.15, 0.2) is 22.0 Å². The van der Waals surface area contributed by atoms with Gasteiger partial charge >= 0.3 is 0 Å². The van der Waals surface area contributed by atoms with Gasteiger partial charge in [-0.25, -0.2) is 0 Å². The maximum atomic E-state index is 11.8. The molecule has 2 unspecified atom stereocenters. The van der Waals surface area contributed by atoms with E-state index in [1.807, 2.05) is 0 Å². The minimum absolute atomic E-state index is 0.166. The lowest BCUT2D eigenvalue weighted by Crippen LogP contribution is -2.62. The quantitative estimate of drug-likeness (QED) is 0.389. The number of rotatable bonds is 4. The number of hydrogen-bond donors (Lipinski definition) is 4. The van der Waals surface area contributed by atoms with E-state index >= 15 is 0 Å². The van der Waals surface area contributed by atoms with Crippen LogP contribution in [0.1, 0.15) is 13.8 Å². The van der Waals surface area contributed by atoms with Crippen molar-refractivity contribution in [3.8, 4) is 0 Å². The summed E-state index contributed by atoms with van der Waals surface area (Å²) in [4.78, 5) is -3.73. The van der Waals surface area contributed by atoms with Crippen LogP contribution in [0.5, 0.6) is 0 Å². The van der Waals surface area contributed by atoms with Gasteiger partial charge < -0.3 is 0 Å². The Balaban J connectivity index is 4.39. The van der Waals surface area contributed by atoms with Gasteiger partial charge in [0.05, 0.1) is 0 Å². The fourth-order valence-corrected chi connectivity index (χ4v) is 7.70. The molecular formula is C8H12O12S4. The molecule has 12 nitrogen and oxygen atoms in total. The fraction of sp³-hybridized carbons (Fsp3) is 0.500. The van der Waals surface area contributed by atoms with Gasteiger partial charge in [0, 0.05) is 0 Å². The third-order valence-corrected chi connectivity index (χ3v) is 9.45. The van der Waals surface area contributed by atoms with Gasteiger partial charge in [-0.05, 0) is 19.9 Å². The van der Waals surface area contributed by atoms with E-state index in [9.17, 15) is 47.3 Å². The van der Waals surface area contributed by atoms with E-state index in [0.717, 1.165) is 0 Å². The lowest BCUT2D eigenvalue weighted by atomic mass is 9.89. The molecule has 0 aromatic heterocycles. The first kappa shape index (κ1) is 21.2. The Morgan fingerprint density at radius 2 is 1.17 bits per heavy atom. The highest BCUT2D eigenvalue weighted by Gasteiger charge is 2.67. The van der Waals surface area contributed by atoms with Crippen LogP contribution in [0.4, 0.5) is 0 Å². The molecule has 0 radical (unpaired) electrons. The SMILES string of the molecule is CC1(S(=O)(=O)O)C=CC(S(=O)(=O)O)=C(S(=O)(=O)O)C1(C)S(=O)(=O)O. The molecule has 1 rings (SSSR count). The molecule has 140 valence electrons. The molecule has 0 aromatic rings. The van der Waals surface area contributed by atoms with Crippen LogP contribution < -0.4 is 0 Å². The molecule has 4 N–H and O–H groups in total. The van der Waals surface area contributed by atoms with Gasteiger partial charge in [-0.1, -0.05) is 6.08 Å². The summed E-state index contributed by atoms with van der Waals surface area (Å²) < 4.78 is 123. The summed E-state index contributed by atoms with van der Waals surface area (Å²) in [5, 5.41) is 0. The van der Waals surface area contributed by atoms with Gasteiger partial charge in [-0.15, -0.1) is 0 Å². The summed E-state index contributed by atoms with van der Waals surface area (Å²) in [6.45, 7) is 0.701. The van der Waals surface area contributed by atoms with Crippen molar-refractivity contribution < 1.29 is 51.9 Å². The molecule has 2 atom stereocenters. The van der Waals surface area contributed by atoms with Crippen LogP contribution in [0.3, 0.4) is 0 Å². The predicted octanol–water partition coefficient (Wildman–Crippen LogP) is -1.16. The number of allylic oxidation sites excluding steroid dienone is 1. The highest BCUT2D eigenvalue weighted by molar-refractivity contribution is 7.97. The normalized spacial score (nSPS) is 29.8. The van der Waals surface area contributed by atoms with E-state index < -0.39 is 59.8 Å². The highest BCUT2D eigenvalue weighted by Crippen LogP contribution is 2.49. The van der Waals surface area contributed by atoms with Crippen molar-refractivity contribution in [2.24, 2.45) is 0 Å². The molecular weight excluding hydrogens is 416 g/mol. The van der Waals surface area contributed by atoms with Crippen LogP contribution in [0, 0.1) is 0 Å². The Labute approximate surface area is 137 Å². The number of hydrogen-bond acceptors (Lipinski definition) is 8. The highest BCUT2D eigenvalue weighted by atomic mass is 32.2. The molecule has 0 aromatic carbocycles. The molecule has 1 aliphatic rings. The Bertz CT molecular complexity index is 1060. The summed E-state index contributed by atoms with van der Waals surface area (Å²) in [5.41, 5.74) is 0. The van der Waals surface area contributed by atoms with Crippen molar-refractivity contribution in [3.63, 3.8) is 0 Å². The summed E-state index contributed by atoms with van der Waals surface area (Å²) in [5.74, 6) is 0. The molecule has 0 amide bonds. The van der Waals surface area contributed by atoms with Gasteiger partial charge in [-0.2, -0.15) is 33.7 Å². The van der Waals surface area contributed by atoms with E-state index in [2.05, 4.69) is 0 Å². The summed E-state index contributed by atoms with van der Waals surface area (Å²) in [6.07, 6.45) is 0.410. The second-order valence-electron chi connectivity index (χ2n) is 5.07. The van der Waals surface area contributed by atoms with Crippen molar-refractivity contribution in [2.75, 3.05) is 0 Å². The smallest absolute Gasteiger partial charge is 0.285 e. The van der Waals surface area contributed by atoms with Crippen LogP contribution in [0.2, 0.25) is 0 Å². The second kappa shape index (κ2) is 5.31. The summed E-state index contributed by atoms with van der Waals surface area (Å²) >= 11 is 0. The maximum Gasteiger partial charge on any atom is 0.295 e. The summed E-state index contributed by atoms with van der Waals surface area (Å²) in [7, 11) is -22.6. The average Bonchev–Trinajstić information content (AvgIpc) is 2.26. The molecule has 0 bridgehead atoms. The van der Waals surface area contributed by atoms with Crippen LogP contribution in [-0.2, 0) is 40.5 Å². The van der Waals surface area contributed by atoms with Crippen LogP contribution in [0.25, 0.3) is 0 Å². The molecule has 1 aliphatic carbocycles. The molecule has 24 heavy (non-hydrogen) atoms. The molecule has 0 spiro atoms. The third-order valence-electron chi connectivity index (χ3n) is 3.74. The molecule has 0 saturated carbocycles. The zero-order valence-corrected chi connectivity index (χ0v) is 15.1. The fourth-order valence-electron chi connectivity index (χ4n) is 2.21. The maximum absolute atomic E-state index is 11.8. The Kier molecular flexibility index (Phi) is 4.68. The van der Waals surface area contributed by atoms with Gasteiger partial charge in [0.25, 0.3) is 40.5 Å². The Morgan fingerprint density at radius 3 is 1.42 bits per heavy atom. The second-order valence-corrected chi connectivity index (χ2v) is 11.4. The van der Waals surface area contributed by atoms with E-state index in [1.165, 1.54) is 0 Å². The third kappa shape index (κ3) is 2.92. The zero-order valence-electron chi connectivity index (χ0n) is 11.8. The van der Waals surface area contributed by atoms with Gasteiger partial charge in [0.2, 0.25) is 0 Å². The van der Waals surface area contributed by atoms with Gasteiger partial charge in [0.15, 0.2) is 4.75 Å². The average molecular weight is 428 g/mol.